The standard InChI is InChI=1S/C86H96Cl2N10O28/c1-36(2)11-8-6-7-9-12-59(104)92-68-71(107)73(109)76(84(118)119)126-85(68)125-75-56-29-41-30-57(75)122-53-21-17-40(27-48(53)87)69(105)67-83(117)96-65(78(112)90-23-10-24-98(4)5)46-31-42(100)32-55(123-86-74(110)72(108)70(106)58(35-99)124-86)60(46)45-26-38(15-20-50(45)101)63(80(114)97-67)93-81(115)64(41)94-82(116)66-47-33-44(34-52(103)61(47)88)121-54-22-16-39(28-51(54)102)62(89-3)79(113)91-49(77(111)95-66)25-37-13-18-43(120-56)19-14-37/h13-22,26-34,36,49,58,62-74,76,85-86,89,99-103,105-110H,6-12,23-25,35H2,1-5H3,(H,90,112)(H,91,113)(H,92,104)(H,93,115)(H,94,116)(H,95,111)(H,96,117)(H,97,114)(H,118,119)/t49-,58-,62-,63-,64-,65+,66+,67+,68-,69-,70-,71-,72+,73+,74+,76+,85-,86+/m1/s1. The summed E-state index contributed by atoms with van der Waals surface area (Å²) in [5.74, 6) is -17.6. The van der Waals surface area contributed by atoms with Crippen molar-refractivity contribution < 1.29 is 138 Å². The summed E-state index contributed by atoms with van der Waals surface area (Å²) in [5, 5.41) is 161. The van der Waals surface area contributed by atoms with Gasteiger partial charge >= 0.3 is 5.97 Å². The summed E-state index contributed by atoms with van der Waals surface area (Å²) in [5.41, 5.74) is -2.73. The molecule has 21 N–H and O–H groups in total. The number of amides is 8. The second-order valence-electron chi connectivity index (χ2n) is 32.0. The minimum Gasteiger partial charge on any atom is -0.508 e. The Kier molecular flexibility index (Phi) is 28.7. The lowest BCUT2D eigenvalue weighted by atomic mass is 9.89. The van der Waals surface area contributed by atoms with Crippen LogP contribution in [0.1, 0.15) is 134 Å². The van der Waals surface area contributed by atoms with Crippen LogP contribution in [-0.2, 0) is 59.0 Å². The zero-order valence-corrected chi connectivity index (χ0v) is 69.8. The van der Waals surface area contributed by atoms with Crippen molar-refractivity contribution in [1.29, 1.82) is 0 Å². The van der Waals surface area contributed by atoms with Gasteiger partial charge < -0.3 is 147 Å². The normalized spacial score (nSPS) is 26.1. The third kappa shape index (κ3) is 20.3. The first kappa shape index (κ1) is 91.8. The van der Waals surface area contributed by atoms with Crippen LogP contribution in [0.15, 0.2) is 115 Å². The van der Waals surface area contributed by atoms with Gasteiger partial charge in [0.15, 0.2) is 29.1 Å². The highest BCUT2D eigenvalue weighted by Crippen LogP contribution is 2.50. The lowest BCUT2D eigenvalue weighted by Crippen LogP contribution is -2.66. The van der Waals surface area contributed by atoms with E-state index in [-0.39, 0.29) is 53.3 Å². The van der Waals surface area contributed by atoms with Gasteiger partial charge in [0.05, 0.1) is 16.7 Å². The molecule has 2 fully saturated rings. The van der Waals surface area contributed by atoms with Crippen molar-refractivity contribution in [2.24, 2.45) is 5.92 Å². The average Bonchev–Trinajstić information content (AvgIpc) is 0.760. The van der Waals surface area contributed by atoms with Gasteiger partial charge in [0.1, 0.15) is 131 Å². The number of nitrogens with zero attached hydrogens (tertiary/aromatic N) is 1. The van der Waals surface area contributed by atoms with Crippen molar-refractivity contribution in [3.05, 3.63) is 164 Å². The molecule has 9 heterocycles. The molecule has 7 aromatic carbocycles. The smallest absolute Gasteiger partial charge is 0.335 e. The summed E-state index contributed by atoms with van der Waals surface area (Å²) >= 11 is 14.3. The van der Waals surface area contributed by atoms with Gasteiger partial charge in [0.25, 0.3) is 0 Å². The predicted octanol–water partition coefficient (Wildman–Crippen LogP) is 3.39. The number of halogens is 2. The molecule has 0 spiro atoms. The average molecular weight is 1790 g/mol. The molecule has 0 unspecified atom stereocenters. The largest absolute Gasteiger partial charge is 0.508 e. The van der Waals surface area contributed by atoms with Crippen molar-refractivity contribution in [3.63, 3.8) is 0 Å². The minimum absolute atomic E-state index is 0.0945. The van der Waals surface area contributed by atoms with E-state index in [2.05, 4.69) is 61.7 Å². The zero-order valence-electron chi connectivity index (χ0n) is 68.3. The number of carboxylic acids is 1. The predicted molar refractivity (Wildman–Crippen MR) is 443 cm³/mol. The Hall–Kier alpha value is -11.9. The van der Waals surface area contributed by atoms with Gasteiger partial charge in [-0.05, 0) is 153 Å². The number of hydrogen-bond donors (Lipinski definition) is 21. The number of aliphatic hydroxyl groups excluding tert-OH is 7. The van der Waals surface area contributed by atoms with E-state index in [1.54, 1.807) is 19.0 Å². The Bertz CT molecular complexity index is 5300. The van der Waals surface area contributed by atoms with Gasteiger partial charge in [-0.15, -0.1) is 0 Å². The third-order valence-electron chi connectivity index (χ3n) is 22.2. The van der Waals surface area contributed by atoms with E-state index in [4.69, 9.17) is 56.4 Å². The zero-order chi connectivity index (χ0) is 90.5. The maximum Gasteiger partial charge on any atom is 0.335 e. The number of phenolic OH excluding ortho intramolecular Hbond substituents is 4. The number of carboxylic acid groups (broad SMARTS) is 1. The monoisotopic (exact) mass is 1790 g/mol. The Morgan fingerprint density at radius 3 is 1.93 bits per heavy atom. The topological polar surface area (TPSA) is 573 Å². The number of unbranched alkanes of at least 4 members (excludes halogenated alkanes) is 3. The van der Waals surface area contributed by atoms with E-state index in [9.17, 15) is 75.7 Å². The van der Waals surface area contributed by atoms with Crippen molar-refractivity contribution >= 4 is 76.4 Å². The fraction of sp³-hybridized carbons (Fsp3) is 0.407. The second-order valence-corrected chi connectivity index (χ2v) is 32.8. The molecular formula is C86H96Cl2N10O28. The number of hydrogen-bond acceptors (Lipinski definition) is 29. The number of benzene rings is 7. The van der Waals surface area contributed by atoms with E-state index in [1.807, 2.05) is 0 Å². The summed E-state index contributed by atoms with van der Waals surface area (Å²) < 4.78 is 44.4. The van der Waals surface area contributed by atoms with Crippen LogP contribution < -0.4 is 71.5 Å². The van der Waals surface area contributed by atoms with Crippen LogP contribution in [-0.4, -0.2) is 234 Å². The van der Waals surface area contributed by atoms with Crippen LogP contribution in [0.2, 0.25) is 10.0 Å². The number of aliphatic hydroxyl groups is 7. The summed E-state index contributed by atoms with van der Waals surface area (Å²) in [7, 11) is 4.94. The highest BCUT2D eigenvalue weighted by atomic mass is 35.5. The van der Waals surface area contributed by atoms with Gasteiger partial charge in [0.2, 0.25) is 65.6 Å². The Morgan fingerprint density at radius 2 is 1.24 bits per heavy atom. The van der Waals surface area contributed by atoms with Gasteiger partial charge in [0, 0.05) is 48.2 Å². The van der Waals surface area contributed by atoms with Crippen molar-refractivity contribution in [1.82, 2.24) is 52.8 Å². The first-order chi connectivity index (χ1) is 60.1. The number of aromatic hydroxyl groups is 4. The van der Waals surface area contributed by atoms with E-state index in [0.717, 1.165) is 92.1 Å². The fourth-order valence-corrected chi connectivity index (χ4v) is 16.0. The molecule has 40 heteroatoms. The van der Waals surface area contributed by atoms with Crippen LogP contribution in [0, 0.1) is 5.92 Å². The summed E-state index contributed by atoms with van der Waals surface area (Å²) in [6.07, 6.45) is -18.0. The molecule has 0 saturated carbocycles. The number of ether oxygens (including phenoxy) is 7. The molecule has 18 atom stereocenters. The molecule has 9 aliphatic heterocycles. The molecule has 7 aromatic rings. The van der Waals surface area contributed by atoms with E-state index in [0.29, 0.717) is 25.3 Å². The van der Waals surface area contributed by atoms with E-state index in [1.165, 1.54) is 49.5 Å². The molecule has 2 saturated heterocycles. The summed E-state index contributed by atoms with van der Waals surface area (Å²) in [6.45, 7) is 3.49. The van der Waals surface area contributed by atoms with Gasteiger partial charge in [-0.3, -0.25) is 38.4 Å². The van der Waals surface area contributed by atoms with Crippen LogP contribution >= 0.6 is 23.2 Å². The Balaban J connectivity index is 1.05. The van der Waals surface area contributed by atoms with E-state index >= 15 is 28.8 Å². The first-order valence-corrected chi connectivity index (χ1v) is 41.3. The third-order valence-corrected chi connectivity index (χ3v) is 22.9. The minimum atomic E-state index is -2.45. The van der Waals surface area contributed by atoms with Crippen LogP contribution in [0.4, 0.5) is 0 Å². The lowest BCUT2D eigenvalue weighted by molar-refractivity contribution is -0.277. The van der Waals surface area contributed by atoms with E-state index < -0.39 is 271 Å². The molecule has 672 valence electrons. The van der Waals surface area contributed by atoms with Gasteiger partial charge in [-0.1, -0.05) is 93.1 Å². The fourth-order valence-electron chi connectivity index (χ4n) is 15.6. The SMILES string of the molecule is CN[C@H]1C(=O)N[C@@H]2Cc3ccc(cc3)Oc3cc4cc(c3O[C@@H]3O[C@H](C(=O)O)[C@@H](O)[C@H](O)[C@H]3NC(=O)CCCCCCC(C)C)Oc3ccc(cc3Cl)[C@@H](O)[C@@H]3NC(=O)[C@H](NC(=O)[C@@H]4NC(=O)[C@@H](NC2=O)c2cc(cc(O)c2Cl)Oc2ccc1cc2O)c1ccc(O)c(c1)-c1c(O[C@H]2O[C@H](CO)[C@@H](O)[C@H](O)[C@@H]2O)cc(O)cc1[C@@H](C(=O)NCCCN(C)C)NC3=O. The molecule has 0 aliphatic carbocycles. The maximum absolute atomic E-state index is 16.8. The highest BCUT2D eigenvalue weighted by molar-refractivity contribution is 6.33. The molecule has 38 nitrogen and oxygen atoms in total. The number of phenols is 4. The quantitative estimate of drug-likeness (QED) is 0.0486. The number of carbonyl (C=O) groups is 9. The second kappa shape index (κ2) is 39.3. The molecule has 9 aliphatic rings. The maximum atomic E-state index is 16.8. The molecule has 8 amide bonds. The number of likely N-dealkylation sites (N-methyl/N-ethyl adjacent to an activating group) is 1. The summed E-state index contributed by atoms with van der Waals surface area (Å²) in [4.78, 5) is 140. The Morgan fingerprint density at radius 1 is 0.571 bits per heavy atom. The molecule has 17 bridgehead atoms. The van der Waals surface area contributed by atoms with Crippen molar-refractivity contribution in [2.75, 3.05) is 40.8 Å². The number of rotatable bonds is 20. The van der Waals surface area contributed by atoms with Gasteiger partial charge in [-0.2, -0.15) is 0 Å². The number of aliphatic carboxylic acids is 1. The van der Waals surface area contributed by atoms with Crippen molar-refractivity contribution in [2.45, 2.75) is 175 Å². The number of fused-ring (bicyclic) bond motifs is 14. The molecule has 126 heavy (non-hydrogen) atoms. The lowest BCUT2D eigenvalue weighted by Gasteiger charge is -2.41. The molecule has 16 rings (SSSR count). The van der Waals surface area contributed by atoms with Crippen LogP contribution in [0.25, 0.3) is 11.1 Å². The Labute approximate surface area is 729 Å². The first-order valence-electron chi connectivity index (χ1n) is 40.5. The molecule has 0 radical (unpaired) electrons. The molecular weight excluding hydrogens is 1690 g/mol. The van der Waals surface area contributed by atoms with Gasteiger partial charge in [-0.25, -0.2) is 4.79 Å². The highest BCUT2D eigenvalue weighted by Gasteiger charge is 2.52. The number of nitrogens with one attached hydrogen (secondary N) is 9. The molecule has 0 aromatic heterocycles. The van der Waals surface area contributed by atoms with Crippen LogP contribution in [0.5, 0.6) is 69.0 Å². The van der Waals surface area contributed by atoms with Crippen molar-refractivity contribution in [3.8, 4) is 80.1 Å². The van der Waals surface area contributed by atoms with Crippen LogP contribution in [0.3, 0.4) is 0 Å². The summed E-state index contributed by atoms with van der Waals surface area (Å²) in [6, 6.07) is 5.62. The number of carbonyl (C=O) groups excluding carboxylic acids is 8.